The quantitative estimate of drug-likeness (QED) is 0.681. The molecule has 1 aliphatic heterocycles. The number of hydrogen-bond donors (Lipinski definition) is 2. The molecular formula is C17H18ClN5O3S. The highest BCUT2D eigenvalue weighted by Gasteiger charge is 2.28. The Hall–Kier alpha value is -2.49. The van der Waals surface area contributed by atoms with E-state index in [0.717, 1.165) is 6.42 Å². The van der Waals surface area contributed by atoms with E-state index in [-0.39, 0.29) is 35.4 Å². The molecule has 3 aromatic rings. The van der Waals surface area contributed by atoms with Gasteiger partial charge in [0.25, 0.3) is 0 Å². The zero-order valence-electron chi connectivity index (χ0n) is 14.4. The summed E-state index contributed by atoms with van der Waals surface area (Å²) in [6.07, 6.45) is 3.79. The van der Waals surface area contributed by atoms with Gasteiger partial charge in [-0.2, -0.15) is 0 Å². The van der Waals surface area contributed by atoms with E-state index in [1.54, 1.807) is 28.3 Å². The lowest BCUT2D eigenvalue weighted by Crippen LogP contribution is -2.30. The number of hydrogen-bond acceptors (Lipinski definition) is 7. The van der Waals surface area contributed by atoms with E-state index >= 15 is 0 Å². The second kappa shape index (κ2) is 7.26. The molecule has 8 nitrogen and oxygen atoms in total. The van der Waals surface area contributed by atoms with Crippen molar-refractivity contribution in [1.82, 2.24) is 14.5 Å². The molecule has 3 aromatic heterocycles. The standard InChI is InChI=1S/C17H17N5O3S.ClH/c1-9-6-10(18)7-21(9)13-3-2-11-14(23)12(16(24)25)8-22(15(11)20-13)17-19-4-5-26-17;/h2-5,8-10H,6-7,18H2,1H3,(H,24,25);1H. The van der Waals surface area contributed by atoms with Gasteiger partial charge >= 0.3 is 5.97 Å². The lowest BCUT2D eigenvalue weighted by atomic mass is 10.2. The summed E-state index contributed by atoms with van der Waals surface area (Å²) in [7, 11) is 0. The van der Waals surface area contributed by atoms with Crippen LogP contribution in [0.1, 0.15) is 23.7 Å². The number of aromatic carboxylic acids is 1. The van der Waals surface area contributed by atoms with Crippen LogP contribution in [-0.4, -0.2) is 44.2 Å². The average molecular weight is 408 g/mol. The molecule has 4 heterocycles. The minimum atomic E-state index is -1.27. The number of halogens is 1. The fourth-order valence-corrected chi connectivity index (χ4v) is 4.00. The lowest BCUT2D eigenvalue weighted by Gasteiger charge is -2.23. The van der Waals surface area contributed by atoms with Crippen LogP contribution in [0.15, 0.2) is 34.7 Å². The topological polar surface area (TPSA) is 114 Å². The predicted octanol–water partition coefficient (Wildman–Crippen LogP) is 1.89. The van der Waals surface area contributed by atoms with Crippen LogP contribution in [0.5, 0.6) is 0 Å². The van der Waals surface area contributed by atoms with Crippen LogP contribution in [-0.2, 0) is 0 Å². The van der Waals surface area contributed by atoms with E-state index in [2.05, 4.69) is 21.8 Å². The van der Waals surface area contributed by atoms with Gasteiger partial charge in [0.2, 0.25) is 5.43 Å². The lowest BCUT2D eigenvalue weighted by molar-refractivity contribution is 0.0695. The Balaban J connectivity index is 0.00000210. The van der Waals surface area contributed by atoms with Gasteiger partial charge in [-0.15, -0.1) is 23.7 Å². The van der Waals surface area contributed by atoms with E-state index in [1.807, 2.05) is 0 Å². The highest BCUT2D eigenvalue weighted by Crippen LogP contribution is 2.26. The molecule has 1 aliphatic rings. The molecule has 2 unspecified atom stereocenters. The van der Waals surface area contributed by atoms with E-state index < -0.39 is 11.4 Å². The summed E-state index contributed by atoms with van der Waals surface area (Å²) >= 11 is 1.34. The normalized spacial score (nSPS) is 19.3. The van der Waals surface area contributed by atoms with Gasteiger partial charge in [0.05, 0.1) is 5.39 Å². The Morgan fingerprint density at radius 3 is 2.78 bits per heavy atom. The first-order valence-electron chi connectivity index (χ1n) is 8.17. The van der Waals surface area contributed by atoms with E-state index in [9.17, 15) is 14.7 Å². The van der Waals surface area contributed by atoms with Crippen LogP contribution >= 0.6 is 23.7 Å². The minimum absolute atomic E-state index is 0. The number of anilines is 1. The molecule has 3 N–H and O–H groups in total. The Morgan fingerprint density at radius 1 is 1.41 bits per heavy atom. The maximum Gasteiger partial charge on any atom is 0.341 e. The molecule has 0 saturated carbocycles. The predicted molar refractivity (Wildman–Crippen MR) is 107 cm³/mol. The largest absolute Gasteiger partial charge is 0.477 e. The molecule has 0 amide bonds. The van der Waals surface area contributed by atoms with Crippen LogP contribution < -0.4 is 16.1 Å². The van der Waals surface area contributed by atoms with Gasteiger partial charge < -0.3 is 15.7 Å². The summed E-state index contributed by atoms with van der Waals surface area (Å²) in [5.41, 5.74) is 5.58. The molecule has 0 bridgehead atoms. The number of nitrogens with two attached hydrogens (primary N) is 1. The molecular weight excluding hydrogens is 390 g/mol. The molecule has 27 heavy (non-hydrogen) atoms. The molecule has 1 saturated heterocycles. The van der Waals surface area contributed by atoms with E-state index in [1.165, 1.54) is 17.5 Å². The van der Waals surface area contributed by atoms with Gasteiger partial charge in [0.1, 0.15) is 11.4 Å². The van der Waals surface area contributed by atoms with Crippen LogP contribution in [0.4, 0.5) is 5.82 Å². The number of carboxylic acids is 1. The molecule has 0 spiro atoms. The third kappa shape index (κ3) is 3.29. The summed E-state index contributed by atoms with van der Waals surface area (Å²) in [5, 5.41) is 11.9. The fourth-order valence-electron chi connectivity index (χ4n) is 3.38. The molecule has 142 valence electrons. The van der Waals surface area contributed by atoms with Crippen LogP contribution in [0, 0.1) is 0 Å². The maximum atomic E-state index is 12.6. The SMILES string of the molecule is CC1CC(N)CN1c1ccc2c(=O)c(C(=O)O)cn(-c3nccs3)c2n1.Cl. The third-order valence-corrected chi connectivity index (χ3v) is 5.36. The van der Waals surface area contributed by atoms with E-state index in [0.29, 0.717) is 23.1 Å². The number of nitrogens with zero attached hydrogens (tertiary/aromatic N) is 4. The maximum absolute atomic E-state index is 12.6. The van der Waals surface area contributed by atoms with Crippen LogP contribution in [0.3, 0.4) is 0 Å². The first kappa shape index (κ1) is 19.3. The molecule has 2 atom stereocenters. The Bertz CT molecular complexity index is 1050. The van der Waals surface area contributed by atoms with E-state index in [4.69, 9.17) is 5.73 Å². The van der Waals surface area contributed by atoms with Gasteiger partial charge in [-0.3, -0.25) is 9.36 Å². The van der Waals surface area contributed by atoms with Crippen molar-refractivity contribution in [3.8, 4) is 5.13 Å². The van der Waals surface area contributed by atoms with Crippen molar-refractivity contribution in [2.45, 2.75) is 25.4 Å². The number of pyridine rings is 2. The van der Waals surface area contributed by atoms with Gasteiger partial charge in [-0.25, -0.2) is 14.8 Å². The smallest absolute Gasteiger partial charge is 0.341 e. The van der Waals surface area contributed by atoms with Crippen molar-refractivity contribution < 1.29 is 9.90 Å². The molecule has 4 rings (SSSR count). The molecule has 0 aliphatic carbocycles. The number of rotatable bonds is 3. The average Bonchev–Trinajstić information content (AvgIpc) is 3.24. The number of carbonyl (C=O) groups is 1. The Labute approximate surface area is 164 Å². The number of aromatic nitrogens is 3. The molecule has 0 aromatic carbocycles. The minimum Gasteiger partial charge on any atom is -0.477 e. The third-order valence-electron chi connectivity index (χ3n) is 4.59. The van der Waals surface area contributed by atoms with Crippen LogP contribution in [0.25, 0.3) is 16.2 Å². The van der Waals surface area contributed by atoms with Crippen molar-refractivity contribution in [3.05, 3.63) is 45.7 Å². The second-order valence-corrected chi connectivity index (χ2v) is 7.27. The van der Waals surface area contributed by atoms with Crippen molar-refractivity contribution in [3.63, 3.8) is 0 Å². The molecule has 10 heteroatoms. The second-order valence-electron chi connectivity index (χ2n) is 6.40. The number of fused-ring (bicyclic) bond motifs is 1. The first-order valence-corrected chi connectivity index (χ1v) is 9.05. The highest BCUT2D eigenvalue weighted by atomic mass is 35.5. The van der Waals surface area contributed by atoms with Crippen molar-refractivity contribution >= 4 is 46.6 Å². The van der Waals surface area contributed by atoms with Crippen molar-refractivity contribution in [1.29, 1.82) is 0 Å². The summed E-state index contributed by atoms with van der Waals surface area (Å²) in [6, 6.07) is 3.70. The highest BCUT2D eigenvalue weighted by molar-refractivity contribution is 7.12. The van der Waals surface area contributed by atoms with Gasteiger partial charge in [0, 0.05) is 36.4 Å². The van der Waals surface area contributed by atoms with Crippen molar-refractivity contribution in [2.75, 3.05) is 11.4 Å². The van der Waals surface area contributed by atoms with Crippen molar-refractivity contribution in [2.24, 2.45) is 5.73 Å². The summed E-state index contributed by atoms with van der Waals surface area (Å²) in [6.45, 7) is 2.77. The number of carboxylic acid groups (broad SMARTS) is 1. The van der Waals surface area contributed by atoms with Gasteiger partial charge in [-0.1, -0.05) is 0 Å². The molecule has 1 fully saturated rings. The van der Waals surface area contributed by atoms with Gasteiger partial charge in [-0.05, 0) is 25.5 Å². The molecule has 0 radical (unpaired) electrons. The summed E-state index contributed by atoms with van der Waals surface area (Å²) in [4.78, 5) is 35.0. The van der Waals surface area contributed by atoms with Crippen LogP contribution in [0.2, 0.25) is 0 Å². The number of thiazole rings is 1. The first-order chi connectivity index (χ1) is 12.5. The summed E-state index contributed by atoms with van der Waals surface area (Å²) in [5.74, 6) is -0.559. The zero-order valence-corrected chi connectivity index (χ0v) is 16.0. The zero-order chi connectivity index (χ0) is 18.4. The fraction of sp³-hybridized carbons (Fsp3) is 0.294. The Morgan fingerprint density at radius 2 is 2.19 bits per heavy atom. The summed E-state index contributed by atoms with van der Waals surface area (Å²) < 4.78 is 1.56. The Kier molecular flexibility index (Phi) is 5.18. The van der Waals surface area contributed by atoms with Gasteiger partial charge in [0.15, 0.2) is 10.8 Å². The monoisotopic (exact) mass is 407 g/mol.